The predicted molar refractivity (Wildman–Crippen MR) is 36.2 cm³/mol. The monoisotopic (exact) mass is 142 g/mol. The smallest absolute Gasteiger partial charge is 0.328 e. The molecule has 0 bridgehead atoms. The summed E-state index contributed by atoms with van der Waals surface area (Å²) in [6.45, 7) is 0. The summed E-state index contributed by atoms with van der Waals surface area (Å²) in [5.41, 5.74) is 0. The average Bonchev–Trinajstić information content (AvgIpc) is 1.91. The fourth-order valence-electron chi connectivity index (χ4n) is 0.403. The number of hydrogen-bond donors (Lipinski definition) is 0. The van der Waals surface area contributed by atoms with Crippen LogP contribution in [0.2, 0.25) is 0 Å². The molecule has 0 aliphatic carbocycles. The molecule has 3 nitrogen and oxygen atoms in total. The lowest BCUT2D eigenvalue weighted by molar-refractivity contribution is 0.587. The van der Waals surface area contributed by atoms with Crippen molar-refractivity contribution >= 4 is 12.0 Å². The summed E-state index contributed by atoms with van der Waals surface area (Å²) < 4.78 is 4.90. The van der Waals surface area contributed by atoms with Crippen LogP contribution >= 0.6 is 12.0 Å². The summed E-state index contributed by atoms with van der Waals surface area (Å²) in [5, 5.41) is 0. The van der Waals surface area contributed by atoms with Crippen molar-refractivity contribution in [3.8, 4) is 6.01 Å². The van der Waals surface area contributed by atoms with Crippen molar-refractivity contribution in [3.05, 3.63) is 18.5 Å². The van der Waals surface area contributed by atoms with E-state index in [-0.39, 0.29) is 0 Å². The van der Waals surface area contributed by atoms with Crippen LogP contribution in [0.5, 0.6) is 6.01 Å². The minimum Gasteiger partial charge on any atom is -0.389 e. The normalized spacial score (nSPS) is 9.00. The van der Waals surface area contributed by atoms with Gasteiger partial charge in [0.05, 0.1) is 12.0 Å². The Balaban J connectivity index is 2.61. The number of rotatable bonds is 2. The van der Waals surface area contributed by atoms with Gasteiger partial charge in [-0.3, -0.25) is 0 Å². The molecule has 0 fully saturated rings. The first-order chi connectivity index (χ1) is 4.43. The Morgan fingerprint density at radius 1 is 1.44 bits per heavy atom. The van der Waals surface area contributed by atoms with Crippen molar-refractivity contribution in [2.75, 3.05) is 6.26 Å². The lowest BCUT2D eigenvalue weighted by Gasteiger charge is -1.93. The Bertz CT molecular complexity index is 168. The molecule has 0 aliphatic heterocycles. The van der Waals surface area contributed by atoms with Crippen molar-refractivity contribution in [3.63, 3.8) is 0 Å². The maximum absolute atomic E-state index is 4.90. The van der Waals surface area contributed by atoms with Gasteiger partial charge in [0.15, 0.2) is 0 Å². The molecule has 0 spiro atoms. The second-order valence-corrected chi connectivity index (χ2v) is 1.78. The fraction of sp³-hybridized carbons (Fsp3) is 0.200. The van der Waals surface area contributed by atoms with Crippen LogP contribution < -0.4 is 4.18 Å². The number of aromatic nitrogens is 2. The molecule has 0 aliphatic rings. The lowest BCUT2D eigenvalue weighted by atomic mass is 10.7. The van der Waals surface area contributed by atoms with Crippen LogP contribution in [0.15, 0.2) is 18.5 Å². The standard InChI is InChI=1S/C5H6N2OS/c1-9-8-5-6-3-2-4-7-5/h2-4H,1H3. The minimum atomic E-state index is 0.407. The summed E-state index contributed by atoms with van der Waals surface area (Å²) in [4.78, 5) is 7.63. The van der Waals surface area contributed by atoms with Crippen molar-refractivity contribution in [2.45, 2.75) is 0 Å². The van der Waals surface area contributed by atoms with Crippen LogP contribution in [-0.2, 0) is 0 Å². The van der Waals surface area contributed by atoms with Gasteiger partial charge in [0.1, 0.15) is 0 Å². The van der Waals surface area contributed by atoms with Crippen LogP contribution in [0.4, 0.5) is 0 Å². The second-order valence-electron chi connectivity index (χ2n) is 1.28. The van der Waals surface area contributed by atoms with Gasteiger partial charge in [-0.15, -0.1) is 0 Å². The van der Waals surface area contributed by atoms with Crippen LogP contribution in [-0.4, -0.2) is 16.2 Å². The molecule has 0 amide bonds. The maximum Gasteiger partial charge on any atom is 0.328 e. The third-order valence-electron chi connectivity index (χ3n) is 0.700. The summed E-state index contributed by atoms with van der Waals surface area (Å²) >= 11 is 1.23. The van der Waals surface area contributed by atoms with Crippen LogP contribution in [0.25, 0.3) is 0 Å². The third kappa shape index (κ3) is 1.89. The molecule has 0 N–H and O–H groups in total. The molecule has 4 heteroatoms. The van der Waals surface area contributed by atoms with Gasteiger partial charge < -0.3 is 4.18 Å². The molecule has 1 aromatic heterocycles. The molecule has 48 valence electrons. The van der Waals surface area contributed by atoms with Crippen molar-refractivity contribution < 1.29 is 4.18 Å². The van der Waals surface area contributed by atoms with Gasteiger partial charge in [0, 0.05) is 18.6 Å². The molecule has 0 unspecified atom stereocenters. The molecule has 1 rings (SSSR count). The molecular weight excluding hydrogens is 136 g/mol. The zero-order valence-corrected chi connectivity index (χ0v) is 5.76. The van der Waals surface area contributed by atoms with E-state index in [1.165, 1.54) is 12.0 Å². The van der Waals surface area contributed by atoms with Crippen LogP contribution in [0.3, 0.4) is 0 Å². The first kappa shape index (κ1) is 6.35. The molecule has 0 radical (unpaired) electrons. The molecule has 0 saturated carbocycles. The number of nitrogens with zero attached hydrogens (tertiary/aromatic N) is 2. The second kappa shape index (κ2) is 3.29. The fourth-order valence-corrected chi connectivity index (χ4v) is 0.638. The van der Waals surface area contributed by atoms with E-state index in [9.17, 15) is 0 Å². The van der Waals surface area contributed by atoms with E-state index in [1.807, 2.05) is 6.26 Å². The predicted octanol–water partition coefficient (Wildman–Crippen LogP) is 1.13. The summed E-state index contributed by atoms with van der Waals surface area (Å²) in [6.07, 6.45) is 5.09. The van der Waals surface area contributed by atoms with E-state index in [1.54, 1.807) is 18.5 Å². The Morgan fingerprint density at radius 3 is 2.67 bits per heavy atom. The van der Waals surface area contributed by atoms with E-state index in [4.69, 9.17) is 4.18 Å². The molecular formula is C5H6N2OS. The SMILES string of the molecule is CSOc1ncccn1. The van der Waals surface area contributed by atoms with E-state index in [0.29, 0.717) is 6.01 Å². The van der Waals surface area contributed by atoms with Gasteiger partial charge >= 0.3 is 6.01 Å². The Morgan fingerprint density at radius 2 is 2.11 bits per heavy atom. The zero-order chi connectivity index (χ0) is 6.53. The first-order valence-corrected chi connectivity index (χ1v) is 3.56. The van der Waals surface area contributed by atoms with Gasteiger partial charge in [-0.05, 0) is 6.07 Å². The van der Waals surface area contributed by atoms with E-state index >= 15 is 0 Å². The zero-order valence-electron chi connectivity index (χ0n) is 4.94. The van der Waals surface area contributed by atoms with Crippen molar-refractivity contribution in [2.24, 2.45) is 0 Å². The largest absolute Gasteiger partial charge is 0.389 e. The summed E-state index contributed by atoms with van der Waals surface area (Å²) in [7, 11) is 0. The van der Waals surface area contributed by atoms with Crippen molar-refractivity contribution in [1.82, 2.24) is 9.97 Å². The van der Waals surface area contributed by atoms with Gasteiger partial charge in [-0.25, -0.2) is 9.97 Å². The Hall–Kier alpha value is -0.770. The minimum absolute atomic E-state index is 0.407. The quantitative estimate of drug-likeness (QED) is 0.580. The van der Waals surface area contributed by atoms with Crippen molar-refractivity contribution in [1.29, 1.82) is 0 Å². The average molecular weight is 142 g/mol. The summed E-state index contributed by atoms with van der Waals surface area (Å²) in [6, 6.07) is 2.15. The Kier molecular flexibility index (Phi) is 2.32. The van der Waals surface area contributed by atoms with Gasteiger partial charge in [0.2, 0.25) is 0 Å². The molecule has 9 heavy (non-hydrogen) atoms. The first-order valence-electron chi connectivity index (χ1n) is 2.41. The molecule has 0 aromatic carbocycles. The lowest BCUT2D eigenvalue weighted by Crippen LogP contribution is -1.85. The van der Waals surface area contributed by atoms with E-state index < -0.39 is 0 Å². The van der Waals surface area contributed by atoms with Gasteiger partial charge in [-0.1, -0.05) is 0 Å². The summed E-state index contributed by atoms with van der Waals surface area (Å²) in [5.74, 6) is 0. The molecule has 0 saturated heterocycles. The molecule has 1 aromatic rings. The van der Waals surface area contributed by atoms with Crippen LogP contribution in [0, 0.1) is 0 Å². The molecule has 1 heterocycles. The third-order valence-corrected chi connectivity index (χ3v) is 1.02. The van der Waals surface area contributed by atoms with Gasteiger partial charge in [-0.2, -0.15) is 0 Å². The van der Waals surface area contributed by atoms with Gasteiger partial charge in [0.25, 0.3) is 0 Å². The Labute approximate surface area is 57.7 Å². The number of hydrogen-bond acceptors (Lipinski definition) is 4. The molecule has 0 atom stereocenters. The maximum atomic E-state index is 4.90. The van der Waals surface area contributed by atoms with E-state index in [2.05, 4.69) is 9.97 Å². The highest BCUT2D eigenvalue weighted by atomic mass is 32.2. The highest BCUT2D eigenvalue weighted by Gasteiger charge is 1.89. The highest BCUT2D eigenvalue weighted by Crippen LogP contribution is 2.03. The van der Waals surface area contributed by atoms with E-state index in [0.717, 1.165) is 0 Å². The van der Waals surface area contributed by atoms with Crippen LogP contribution in [0.1, 0.15) is 0 Å². The highest BCUT2D eigenvalue weighted by molar-refractivity contribution is 7.94. The topological polar surface area (TPSA) is 35.0 Å².